The Morgan fingerprint density at radius 1 is 0.324 bits per heavy atom. The van der Waals surface area contributed by atoms with Crippen LogP contribution in [-0.2, 0) is 28.6 Å². The number of rotatable bonds is 51. The van der Waals surface area contributed by atoms with Gasteiger partial charge in [0.2, 0.25) is 0 Å². The highest BCUT2D eigenvalue weighted by molar-refractivity contribution is 5.71. The number of hydrogen-bond acceptors (Lipinski definition) is 6. The lowest BCUT2D eigenvalue weighted by molar-refractivity contribution is -0.166. The summed E-state index contributed by atoms with van der Waals surface area (Å²) in [4.78, 5) is 38.1. The molecule has 0 spiro atoms. The zero-order valence-electron chi connectivity index (χ0n) is 44.6. The summed E-state index contributed by atoms with van der Waals surface area (Å²) < 4.78 is 16.8. The first-order valence-electron chi connectivity index (χ1n) is 28.6. The summed E-state index contributed by atoms with van der Waals surface area (Å²) in [6, 6.07) is 0. The monoisotopic (exact) mass is 947 g/mol. The highest BCUT2D eigenvalue weighted by Crippen LogP contribution is 2.16. The van der Waals surface area contributed by atoms with Crippen LogP contribution in [0.1, 0.15) is 271 Å². The Bertz CT molecular complexity index is 1320. The van der Waals surface area contributed by atoms with Crippen LogP contribution in [0.25, 0.3) is 0 Å². The average molecular weight is 948 g/mol. The van der Waals surface area contributed by atoms with E-state index in [1.807, 2.05) is 6.08 Å². The SMILES string of the molecule is CC/C=C\C/C=C\C/C=C\C/C=C\C/C=C\CCC(=O)OC(COC(=O)CCCCCCCCCCCC/C=C\C=C/CCCCC)COC(=O)CCCCCCCCCCCCCCCCC. The van der Waals surface area contributed by atoms with Crippen LogP contribution in [0.2, 0.25) is 0 Å². The number of esters is 3. The third-order valence-electron chi connectivity index (χ3n) is 12.2. The van der Waals surface area contributed by atoms with Gasteiger partial charge in [-0.3, -0.25) is 14.4 Å². The smallest absolute Gasteiger partial charge is 0.306 e. The van der Waals surface area contributed by atoms with Crippen LogP contribution < -0.4 is 0 Å². The fourth-order valence-corrected chi connectivity index (χ4v) is 7.90. The Kier molecular flexibility index (Phi) is 53.4. The van der Waals surface area contributed by atoms with Gasteiger partial charge in [0.1, 0.15) is 13.2 Å². The molecule has 0 aromatic heterocycles. The molecule has 0 amide bonds. The van der Waals surface area contributed by atoms with Crippen LogP contribution in [-0.4, -0.2) is 37.2 Å². The van der Waals surface area contributed by atoms with E-state index in [1.54, 1.807) is 0 Å². The first-order chi connectivity index (χ1) is 33.5. The van der Waals surface area contributed by atoms with E-state index in [4.69, 9.17) is 14.2 Å². The van der Waals surface area contributed by atoms with E-state index in [2.05, 4.69) is 99.8 Å². The molecule has 0 fully saturated rings. The van der Waals surface area contributed by atoms with Crippen LogP contribution in [0.3, 0.4) is 0 Å². The highest BCUT2D eigenvalue weighted by Gasteiger charge is 2.19. The van der Waals surface area contributed by atoms with Crippen molar-refractivity contribution >= 4 is 17.9 Å². The standard InChI is InChI=1S/C62H106O6/c1-4-7-10-13-16-19-22-25-28-30-31-32-35-37-40-43-46-49-52-55-61(64)67-58-59(57-66-60(63)54-51-48-45-42-39-36-33-27-24-21-18-15-12-9-6-3)68-62(65)56-53-50-47-44-41-38-34-29-26-23-20-17-14-11-8-5-2/h8,11,16-17,19-20,22,25-26,29,38,41,47,50,59H,4-7,9-10,12-15,18,21,23-24,27-28,30-37,39-40,42-46,48-49,51-58H2,1-3H3/b11-8-,19-16-,20-17-,25-22-,29-26-,41-38-,50-47-. The lowest BCUT2D eigenvalue weighted by atomic mass is 10.0. The highest BCUT2D eigenvalue weighted by atomic mass is 16.6. The lowest BCUT2D eigenvalue weighted by Crippen LogP contribution is -2.30. The third kappa shape index (κ3) is 53.5. The van der Waals surface area contributed by atoms with Gasteiger partial charge < -0.3 is 14.2 Å². The first kappa shape index (κ1) is 64.6. The van der Waals surface area contributed by atoms with Crippen molar-refractivity contribution in [1.82, 2.24) is 0 Å². The second kappa shape index (κ2) is 56.2. The molecule has 0 saturated carbocycles. The van der Waals surface area contributed by atoms with Gasteiger partial charge in [0.15, 0.2) is 6.10 Å². The van der Waals surface area contributed by atoms with Crippen molar-refractivity contribution in [1.29, 1.82) is 0 Å². The van der Waals surface area contributed by atoms with Crippen LogP contribution in [0, 0.1) is 0 Å². The Balaban J connectivity index is 4.45. The second-order valence-corrected chi connectivity index (χ2v) is 18.9. The summed E-state index contributed by atoms with van der Waals surface area (Å²) in [5.41, 5.74) is 0. The molecular formula is C62H106O6. The van der Waals surface area contributed by atoms with Crippen molar-refractivity contribution in [3.05, 3.63) is 85.1 Å². The van der Waals surface area contributed by atoms with Gasteiger partial charge in [-0.1, -0.05) is 260 Å². The summed E-state index contributed by atoms with van der Waals surface area (Å²) in [7, 11) is 0. The van der Waals surface area contributed by atoms with E-state index in [9.17, 15) is 14.4 Å². The largest absolute Gasteiger partial charge is 0.462 e. The molecule has 0 aromatic carbocycles. The number of carbonyl (C=O) groups is 3. The van der Waals surface area contributed by atoms with Gasteiger partial charge >= 0.3 is 17.9 Å². The van der Waals surface area contributed by atoms with Crippen molar-refractivity contribution in [2.45, 2.75) is 277 Å². The molecule has 0 bridgehead atoms. The maximum Gasteiger partial charge on any atom is 0.306 e. The van der Waals surface area contributed by atoms with Gasteiger partial charge in [-0.25, -0.2) is 0 Å². The van der Waals surface area contributed by atoms with E-state index in [1.165, 1.54) is 154 Å². The minimum atomic E-state index is -0.816. The van der Waals surface area contributed by atoms with Crippen LogP contribution >= 0.6 is 0 Å². The number of hydrogen-bond donors (Lipinski definition) is 0. The Hall–Kier alpha value is -3.41. The fraction of sp³-hybridized carbons (Fsp3) is 0.726. The van der Waals surface area contributed by atoms with E-state index < -0.39 is 6.10 Å². The van der Waals surface area contributed by atoms with Gasteiger partial charge in [0.05, 0.1) is 0 Å². The predicted octanol–water partition coefficient (Wildman–Crippen LogP) is 19.2. The normalized spacial score (nSPS) is 12.7. The number of unbranched alkanes of at least 4 members (excludes halogenated alkanes) is 27. The van der Waals surface area contributed by atoms with Gasteiger partial charge in [-0.05, 0) is 77.0 Å². The van der Waals surface area contributed by atoms with E-state index in [0.717, 1.165) is 70.6 Å². The lowest BCUT2D eigenvalue weighted by Gasteiger charge is -2.18. The van der Waals surface area contributed by atoms with E-state index >= 15 is 0 Å². The zero-order valence-corrected chi connectivity index (χ0v) is 44.6. The number of ether oxygens (including phenoxy) is 3. The summed E-state index contributed by atoms with van der Waals surface area (Å²) in [5.74, 6) is -0.985. The van der Waals surface area contributed by atoms with Gasteiger partial charge in [0, 0.05) is 19.3 Å². The molecule has 0 saturated heterocycles. The number of carbonyl (C=O) groups excluding carboxylic acids is 3. The van der Waals surface area contributed by atoms with Crippen molar-refractivity contribution in [3.63, 3.8) is 0 Å². The molecule has 68 heavy (non-hydrogen) atoms. The summed E-state index contributed by atoms with van der Waals surface area (Å²) in [5, 5.41) is 0. The molecule has 6 heteroatoms. The van der Waals surface area contributed by atoms with Crippen molar-refractivity contribution < 1.29 is 28.6 Å². The van der Waals surface area contributed by atoms with Gasteiger partial charge in [0.25, 0.3) is 0 Å². The van der Waals surface area contributed by atoms with Crippen molar-refractivity contribution in [2.75, 3.05) is 13.2 Å². The molecular weight excluding hydrogens is 841 g/mol. The summed E-state index contributed by atoms with van der Waals surface area (Å²) in [6.07, 6.45) is 73.0. The molecule has 0 rings (SSSR count). The second-order valence-electron chi connectivity index (χ2n) is 18.9. The van der Waals surface area contributed by atoms with Crippen molar-refractivity contribution in [3.8, 4) is 0 Å². The Morgan fingerprint density at radius 2 is 0.647 bits per heavy atom. The molecule has 0 heterocycles. The molecule has 0 N–H and O–H groups in total. The zero-order chi connectivity index (χ0) is 49.3. The fourth-order valence-electron chi connectivity index (χ4n) is 7.90. The molecule has 0 aliphatic rings. The third-order valence-corrected chi connectivity index (χ3v) is 12.2. The van der Waals surface area contributed by atoms with Gasteiger partial charge in [-0.15, -0.1) is 0 Å². The summed E-state index contributed by atoms with van der Waals surface area (Å²) >= 11 is 0. The van der Waals surface area contributed by atoms with Crippen LogP contribution in [0.15, 0.2) is 85.1 Å². The minimum Gasteiger partial charge on any atom is -0.462 e. The molecule has 0 aliphatic carbocycles. The molecule has 6 nitrogen and oxygen atoms in total. The topological polar surface area (TPSA) is 78.9 Å². The van der Waals surface area contributed by atoms with Crippen LogP contribution in [0.5, 0.6) is 0 Å². The Labute approximate surface area is 420 Å². The molecule has 1 unspecified atom stereocenters. The quantitative estimate of drug-likeness (QED) is 0.0199. The minimum absolute atomic E-state index is 0.105. The molecule has 0 aromatic rings. The molecule has 1 atom stereocenters. The molecule has 390 valence electrons. The summed E-state index contributed by atoms with van der Waals surface area (Å²) in [6.45, 7) is 6.45. The maximum absolute atomic E-state index is 12.8. The molecule has 0 radical (unpaired) electrons. The first-order valence-corrected chi connectivity index (χ1v) is 28.6. The van der Waals surface area contributed by atoms with Gasteiger partial charge in [-0.2, -0.15) is 0 Å². The van der Waals surface area contributed by atoms with E-state index in [-0.39, 0.29) is 37.5 Å². The van der Waals surface area contributed by atoms with Crippen molar-refractivity contribution in [2.24, 2.45) is 0 Å². The average Bonchev–Trinajstić information content (AvgIpc) is 3.34. The number of allylic oxidation sites excluding steroid dienone is 14. The van der Waals surface area contributed by atoms with Crippen LogP contribution in [0.4, 0.5) is 0 Å². The maximum atomic E-state index is 12.8. The van der Waals surface area contributed by atoms with E-state index in [0.29, 0.717) is 19.3 Å². The molecule has 0 aliphatic heterocycles. The Morgan fingerprint density at radius 3 is 1.04 bits per heavy atom. The predicted molar refractivity (Wildman–Crippen MR) is 293 cm³/mol.